The van der Waals surface area contributed by atoms with E-state index >= 15 is 0 Å². The van der Waals surface area contributed by atoms with Crippen molar-refractivity contribution in [1.29, 1.82) is 0 Å². The number of rotatable bonds is 4. The van der Waals surface area contributed by atoms with Gasteiger partial charge in [0.15, 0.2) is 5.06 Å². The Morgan fingerprint density at radius 3 is 2.80 bits per heavy atom. The molecule has 2 heterocycles. The highest BCUT2D eigenvalue weighted by Gasteiger charge is 2.30. The molecule has 0 spiro atoms. The number of carbonyl (C=O) groups is 1. The highest BCUT2D eigenvalue weighted by atomic mass is 32.1. The molecular formula is C17H15F3N2O2S. The predicted octanol–water partition coefficient (Wildman–Crippen LogP) is 4.89. The van der Waals surface area contributed by atoms with Gasteiger partial charge < -0.3 is 15.0 Å². The Kier molecular flexibility index (Phi) is 4.71. The van der Waals surface area contributed by atoms with Gasteiger partial charge in [0.1, 0.15) is 0 Å². The summed E-state index contributed by atoms with van der Waals surface area (Å²) >= 11 is 1.30. The second kappa shape index (κ2) is 6.79. The second-order valence-electron chi connectivity index (χ2n) is 5.49. The van der Waals surface area contributed by atoms with Crippen LogP contribution in [0, 0.1) is 6.92 Å². The molecule has 132 valence electrons. The first-order valence-electron chi connectivity index (χ1n) is 7.52. The maximum absolute atomic E-state index is 12.9. The van der Waals surface area contributed by atoms with Crippen molar-refractivity contribution in [2.24, 2.45) is 0 Å². The molecule has 4 nitrogen and oxygen atoms in total. The van der Waals surface area contributed by atoms with E-state index in [2.05, 4.69) is 10.3 Å². The Balaban J connectivity index is 1.70. The SMILES string of the molecule is Cc1[nH]c2ccc(C(F)(F)F)cc2c1CCNC(=O)Oc1cccs1. The molecule has 2 aromatic heterocycles. The van der Waals surface area contributed by atoms with Crippen molar-refractivity contribution in [1.82, 2.24) is 10.3 Å². The van der Waals surface area contributed by atoms with E-state index in [0.29, 0.717) is 22.4 Å². The maximum Gasteiger partial charge on any atom is 0.416 e. The Hall–Kier alpha value is -2.48. The number of fused-ring (bicyclic) bond motifs is 1. The lowest BCUT2D eigenvalue weighted by atomic mass is 10.1. The van der Waals surface area contributed by atoms with Gasteiger partial charge in [0.25, 0.3) is 0 Å². The number of nitrogens with one attached hydrogen (secondary N) is 2. The fourth-order valence-electron chi connectivity index (χ4n) is 2.62. The number of alkyl halides is 3. The smallest absolute Gasteiger partial charge is 0.399 e. The number of H-pyrrole nitrogens is 1. The number of aromatic amines is 1. The van der Waals surface area contributed by atoms with Crippen LogP contribution < -0.4 is 10.1 Å². The van der Waals surface area contributed by atoms with Crippen LogP contribution in [-0.4, -0.2) is 17.6 Å². The zero-order valence-electron chi connectivity index (χ0n) is 13.2. The van der Waals surface area contributed by atoms with Crippen molar-refractivity contribution in [3.8, 4) is 5.06 Å². The molecule has 8 heteroatoms. The minimum Gasteiger partial charge on any atom is -0.399 e. The Morgan fingerprint density at radius 2 is 2.12 bits per heavy atom. The molecule has 0 radical (unpaired) electrons. The maximum atomic E-state index is 12.9. The summed E-state index contributed by atoms with van der Waals surface area (Å²) in [6, 6.07) is 7.05. The van der Waals surface area contributed by atoms with Crippen LogP contribution >= 0.6 is 11.3 Å². The number of hydrogen-bond acceptors (Lipinski definition) is 3. The van der Waals surface area contributed by atoms with Crippen LogP contribution in [0.5, 0.6) is 5.06 Å². The van der Waals surface area contributed by atoms with Gasteiger partial charge in [0.2, 0.25) is 0 Å². The summed E-state index contributed by atoms with van der Waals surface area (Å²) in [7, 11) is 0. The van der Waals surface area contributed by atoms with E-state index in [9.17, 15) is 18.0 Å². The molecule has 1 aromatic carbocycles. The number of hydrogen-bond donors (Lipinski definition) is 2. The third kappa shape index (κ3) is 3.96. The molecule has 3 aromatic rings. The molecule has 3 rings (SSSR count). The number of carbonyl (C=O) groups excluding carboxylic acids is 1. The lowest BCUT2D eigenvalue weighted by Gasteiger charge is -2.08. The minimum absolute atomic E-state index is 0.258. The number of amides is 1. The summed E-state index contributed by atoms with van der Waals surface area (Å²) < 4.78 is 43.8. The first-order valence-corrected chi connectivity index (χ1v) is 8.40. The van der Waals surface area contributed by atoms with Gasteiger partial charge >= 0.3 is 12.3 Å². The predicted molar refractivity (Wildman–Crippen MR) is 90.1 cm³/mol. The van der Waals surface area contributed by atoms with Crippen molar-refractivity contribution in [3.05, 3.63) is 52.5 Å². The summed E-state index contributed by atoms with van der Waals surface area (Å²) in [5.74, 6) is 0. The van der Waals surface area contributed by atoms with Crippen LogP contribution in [0.3, 0.4) is 0 Å². The van der Waals surface area contributed by atoms with E-state index in [4.69, 9.17) is 4.74 Å². The minimum atomic E-state index is -4.39. The van der Waals surface area contributed by atoms with Crippen molar-refractivity contribution >= 4 is 28.3 Å². The van der Waals surface area contributed by atoms with E-state index < -0.39 is 17.8 Å². The van der Waals surface area contributed by atoms with Crippen LogP contribution in [0.15, 0.2) is 35.7 Å². The van der Waals surface area contributed by atoms with E-state index in [-0.39, 0.29) is 6.54 Å². The molecule has 0 saturated heterocycles. The average molecular weight is 368 g/mol. The molecule has 0 atom stereocenters. The molecule has 0 bridgehead atoms. The van der Waals surface area contributed by atoms with Crippen LogP contribution in [0.2, 0.25) is 0 Å². The number of thiophene rings is 1. The number of benzene rings is 1. The van der Waals surface area contributed by atoms with Crippen molar-refractivity contribution in [2.75, 3.05) is 6.54 Å². The van der Waals surface area contributed by atoms with Crippen molar-refractivity contribution in [3.63, 3.8) is 0 Å². The lowest BCUT2D eigenvalue weighted by molar-refractivity contribution is -0.137. The average Bonchev–Trinajstić information content (AvgIpc) is 3.14. The molecule has 0 aliphatic rings. The zero-order chi connectivity index (χ0) is 18.0. The van der Waals surface area contributed by atoms with Crippen molar-refractivity contribution < 1.29 is 22.7 Å². The molecule has 1 amide bonds. The van der Waals surface area contributed by atoms with Gasteiger partial charge in [-0.3, -0.25) is 0 Å². The molecule has 0 fully saturated rings. The van der Waals surface area contributed by atoms with E-state index in [1.807, 2.05) is 0 Å². The van der Waals surface area contributed by atoms with E-state index in [1.165, 1.54) is 17.4 Å². The van der Waals surface area contributed by atoms with E-state index in [1.54, 1.807) is 24.4 Å². The third-order valence-electron chi connectivity index (χ3n) is 3.78. The molecule has 0 saturated carbocycles. The van der Waals surface area contributed by atoms with Crippen LogP contribution in [0.4, 0.5) is 18.0 Å². The summed E-state index contributed by atoms with van der Waals surface area (Å²) in [6.07, 6.45) is -4.58. The molecule has 0 aliphatic heterocycles. The number of ether oxygens (including phenoxy) is 1. The standard InChI is InChI=1S/C17H15F3N2O2S/c1-10-12(6-7-21-16(23)24-15-3-2-8-25-15)13-9-11(17(18,19)20)4-5-14(13)22-10/h2-5,8-9,22H,6-7H2,1H3,(H,21,23). The van der Waals surface area contributed by atoms with Crippen LogP contribution in [0.25, 0.3) is 10.9 Å². The summed E-state index contributed by atoms with van der Waals surface area (Å²) in [6.45, 7) is 2.06. The van der Waals surface area contributed by atoms with Gasteiger partial charge in [-0.1, -0.05) is 0 Å². The van der Waals surface area contributed by atoms with Gasteiger partial charge in [0, 0.05) is 23.1 Å². The molecule has 2 N–H and O–H groups in total. The lowest BCUT2D eigenvalue weighted by Crippen LogP contribution is -2.28. The molecule has 0 aliphatic carbocycles. The van der Waals surface area contributed by atoms with Gasteiger partial charge in [0.05, 0.1) is 5.56 Å². The van der Waals surface area contributed by atoms with Gasteiger partial charge in [-0.25, -0.2) is 4.79 Å². The molecule has 0 unspecified atom stereocenters. The third-order valence-corrected chi connectivity index (χ3v) is 4.52. The summed E-state index contributed by atoms with van der Waals surface area (Å²) in [5, 5.41) is 5.39. The zero-order valence-corrected chi connectivity index (χ0v) is 14.1. The Labute approximate surface area is 145 Å². The number of halogens is 3. The molecule has 25 heavy (non-hydrogen) atoms. The van der Waals surface area contributed by atoms with Gasteiger partial charge in [-0.15, -0.1) is 11.3 Å². The fraction of sp³-hybridized carbons (Fsp3) is 0.235. The Morgan fingerprint density at radius 1 is 1.32 bits per heavy atom. The summed E-state index contributed by atoms with van der Waals surface area (Å²) in [4.78, 5) is 14.8. The monoisotopic (exact) mass is 368 g/mol. The number of aryl methyl sites for hydroxylation is 1. The van der Waals surface area contributed by atoms with Gasteiger partial charge in [-0.2, -0.15) is 13.2 Å². The summed E-state index contributed by atoms with van der Waals surface area (Å²) in [5.41, 5.74) is 1.48. The normalized spacial score (nSPS) is 11.7. The first kappa shape index (κ1) is 17.3. The molecular weight excluding hydrogens is 353 g/mol. The quantitative estimate of drug-likeness (QED) is 0.689. The van der Waals surface area contributed by atoms with Gasteiger partial charge in [-0.05, 0) is 54.6 Å². The number of aromatic nitrogens is 1. The largest absolute Gasteiger partial charge is 0.416 e. The van der Waals surface area contributed by atoms with Crippen molar-refractivity contribution in [2.45, 2.75) is 19.5 Å². The fourth-order valence-corrected chi connectivity index (χ4v) is 3.19. The highest BCUT2D eigenvalue weighted by molar-refractivity contribution is 7.11. The second-order valence-corrected chi connectivity index (χ2v) is 6.40. The first-order chi connectivity index (χ1) is 11.8. The van der Waals surface area contributed by atoms with Crippen LogP contribution in [-0.2, 0) is 12.6 Å². The highest BCUT2D eigenvalue weighted by Crippen LogP contribution is 2.33. The van der Waals surface area contributed by atoms with E-state index in [0.717, 1.165) is 23.4 Å². The van der Waals surface area contributed by atoms with Crippen LogP contribution in [0.1, 0.15) is 16.8 Å². The Bertz CT molecular complexity index is 885. The topological polar surface area (TPSA) is 54.1 Å².